The minimum absolute atomic E-state index is 0.00550. The number of nitrogens with zero attached hydrogens (tertiary/aromatic N) is 6. The number of halogens is 2. The van der Waals surface area contributed by atoms with Crippen LogP contribution in [-0.2, 0) is 24.5 Å². The lowest BCUT2D eigenvalue weighted by atomic mass is 10.2. The van der Waals surface area contributed by atoms with Crippen LogP contribution in [0.3, 0.4) is 0 Å². The minimum atomic E-state index is -1.11. The van der Waals surface area contributed by atoms with Gasteiger partial charge in [-0.3, -0.25) is 0 Å². The largest absolute Gasteiger partial charge is 0.482 e. The lowest BCUT2D eigenvalue weighted by Gasteiger charge is -2.27. The second-order valence-corrected chi connectivity index (χ2v) is 9.47. The summed E-state index contributed by atoms with van der Waals surface area (Å²) in [6, 6.07) is 12.6. The number of pyridine rings is 2. The predicted octanol–water partition coefficient (Wildman–Crippen LogP) is 4.45. The van der Waals surface area contributed by atoms with Crippen molar-refractivity contribution in [3.63, 3.8) is 0 Å². The Hall–Kier alpha value is -4.55. The van der Waals surface area contributed by atoms with Crippen molar-refractivity contribution < 1.29 is 28.5 Å². The van der Waals surface area contributed by atoms with E-state index in [-0.39, 0.29) is 25.0 Å². The van der Waals surface area contributed by atoms with Crippen molar-refractivity contribution in [2.45, 2.75) is 32.3 Å². The van der Waals surface area contributed by atoms with E-state index in [1.165, 1.54) is 16.8 Å². The molecule has 1 aromatic carbocycles. The van der Waals surface area contributed by atoms with Gasteiger partial charge < -0.3 is 23.9 Å². The lowest BCUT2D eigenvalue weighted by Crippen LogP contribution is -2.32. The first-order chi connectivity index (χ1) is 19.4. The Balaban J connectivity index is 1.16. The van der Waals surface area contributed by atoms with Crippen molar-refractivity contribution in [3.05, 3.63) is 88.8 Å². The average molecular weight is 565 g/mol. The van der Waals surface area contributed by atoms with Crippen LogP contribution in [0.2, 0.25) is 5.02 Å². The fourth-order valence-corrected chi connectivity index (χ4v) is 4.32. The van der Waals surface area contributed by atoms with E-state index >= 15 is 0 Å². The Morgan fingerprint density at radius 3 is 2.77 bits per heavy atom. The molecule has 13 heteroatoms. The second kappa shape index (κ2) is 10.9. The highest BCUT2D eigenvalue weighted by atomic mass is 35.5. The number of hydrogen-bond donors (Lipinski definition) is 1. The Bertz CT molecular complexity index is 1700. The number of carboxylic acid groups (broad SMARTS) is 1. The Morgan fingerprint density at radius 1 is 1.12 bits per heavy atom. The fourth-order valence-electron chi connectivity index (χ4n) is 4.16. The lowest BCUT2D eigenvalue weighted by molar-refractivity contribution is -0.0593. The van der Waals surface area contributed by atoms with Gasteiger partial charge in [0.25, 0.3) is 0 Å². The number of ether oxygens (including phenoxy) is 3. The molecule has 1 N–H and O–H groups in total. The third-order valence-electron chi connectivity index (χ3n) is 6.33. The van der Waals surface area contributed by atoms with Crippen LogP contribution in [-0.4, -0.2) is 53.1 Å². The van der Waals surface area contributed by atoms with Crippen molar-refractivity contribution in [1.29, 1.82) is 0 Å². The predicted molar refractivity (Wildman–Crippen MR) is 140 cm³/mol. The molecule has 1 saturated heterocycles. The van der Waals surface area contributed by atoms with Gasteiger partial charge in [-0.15, -0.1) is 0 Å². The Morgan fingerprint density at radius 2 is 2.00 bits per heavy atom. The summed E-state index contributed by atoms with van der Waals surface area (Å²) in [7, 11) is 0. The van der Waals surface area contributed by atoms with Crippen molar-refractivity contribution in [2.75, 3.05) is 6.61 Å². The molecule has 1 atom stereocenters. The average Bonchev–Trinajstić information content (AvgIpc) is 3.53. The third kappa shape index (κ3) is 5.44. The van der Waals surface area contributed by atoms with E-state index in [1.807, 2.05) is 4.57 Å². The summed E-state index contributed by atoms with van der Waals surface area (Å²) in [5.74, 6) is 0.253. The van der Waals surface area contributed by atoms with E-state index in [0.29, 0.717) is 58.2 Å². The van der Waals surface area contributed by atoms with Crippen LogP contribution in [0.25, 0.3) is 17.0 Å². The number of imidazole rings is 1. The second-order valence-electron chi connectivity index (χ2n) is 9.03. The molecule has 0 bridgehead atoms. The van der Waals surface area contributed by atoms with Gasteiger partial charge in [0.1, 0.15) is 30.4 Å². The molecule has 11 nitrogen and oxygen atoms in total. The summed E-state index contributed by atoms with van der Waals surface area (Å²) < 4.78 is 34.6. The zero-order chi connectivity index (χ0) is 27.6. The summed E-state index contributed by atoms with van der Waals surface area (Å²) in [5, 5.41) is 14.0. The van der Waals surface area contributed by atoms with E-state index in [2.05, 4.69) is 20.1 Å². The number of hydrogen-bond acceptors (Lipinski definition) is 8. The highest BCUT2D eigenvalue weighted by Crippen LogP contribution is 2.23. The van der Waals surface area contributed by atoms with Gasteiger partial charge in [-0.05, 0) is 36.8 Å². The van der Waals surface area contributed by atoms with Crippen LogP contribution in [0, 0.1) is 5.82 Å². The third-order valence-corrected chi connectivity index (χ3v) is 6.57. The van der Waals surface area contributed by atoms with Crippen molar-refractivity contribution in [1.82, 2.24) is 29.3 Å². The van der Waals surface area contributed by atoms with Gasteiger partial charge in [-0.2, -0.15) is 10.1 Å². The first-order valence-electron chi connectivity index (χ1n) is 12.4. The first-order valence-corrected chi connectivity index (χ1v) is 12.7. The van der Waals surface area contributed by atoms with Gasteiger partial charge in [0.15, 0.2) is 22.9 Å². The molecule has 0 amide bonds. The molecule has 40 heavy (non-hydrogen) atoms. The summed E-state index contributed by atoms with van der Waals surface area (Å²) in [5.41, 5.74) is 1.33. The molecule has 1 aliphatic rings. The van der Waals surface area contributed by atoms with Gasteiger partial charge in [-0.25, -0.2) is 23.8 Å². The number of carboxylic acids is 1. The summed E-state index contributed by atoms with van der Waals surface area (Å²) in [6.07, 6.45) is 4.11. The van der Waals surface area contributed by atoms with Crippen LogP contribution in [0.1, 0.15) is 28.3 Å². The number of benzene rings is 1. The number of fused-ring (bicyclic) bond motifs is 1. The highest BCUT2D eigenvalue weighted by Gasteiger charge is 2.23. The van der Waals surface area contributed by atoms with Gasteiger partial charge >= 0.3 is 5.97 Å². The Kier molecular flexibility index (Phi) is 7.01. The van der Waals surface area contributed by atoms with E-state index in [1.54, 1.807) is 48.8 Å². The maximum Gasteiger partial charge on any atom is 0.354 e. The molecular weight excluding hydrogens is 543 g/mol. The van der Waals surface area contributed by atoms with Crippen molar-refractivity contribution in [2.24, 2.45) is 0 Å². The smallest absolute Gasteiger partial charge is 0.354 e. The van der Waals surface area contributed by atoms with Crippen LogP contribution >= 0.6 is 11.6 Å². The fraction of sp³-hybridized carbons (Fsp3) is 0.222. The Labute approximate surface area is 231 Å². The first kappa shape index (κ1) is 25.7. The zero-order valence-corrected chi connectivity index (χ0v) is 21.7. The molecule has 0 spiro atoms. The van der Waals surface area contributed by atoms with E-state index in [9.17, 15) is 14.3 Å². The van der Waals surface area contributed by atoms with Gasteiger partial charge in [0.05, 0.1) is 25.0 Å². The molecule has 0 saturated carbocycles. The molecule has 1 unspecified atom stereocenters. The normalized spacial score (nSPS) is 14.7. The quantitative estimate of drug-likeness (QED) is 0.262. The minimum Gasteiger partial charge on any atom is -0.482 e. The molecular formula is C27H22ClFN6O5. The van der Waals surface area contributed by atoms with Gasteiger partial charge in [0, 0.05) is 23.3 Å². The van der Waals surface area contributed by atoms with Crippen LogP contribution < -0.4 is 9.47 Å². The molecule has 4 aromatic heterocycles. The van der Waals surface area contributed by atoms with E-state index in [0.717, 1.165) is 6.42 Å². The summed E-state index contributed by atoms with van der Waals surface area (Å²) >= 11 is 5.81. The van der Waals surface area contributed by atoms with Crippen molar-refractivity contribution in [3.8, 4) is 17.4 Å². The standard InChI is InChI=1S/C27H22ClFN6O5/c28-17-5-4-16(20(29)10-17)14-40-25-3-1-2-23(33-25)35-13-19(11-30-35)39-15-24-31-21-6-7-22(27(36)37)32-26(21)34(24)12-18-8-9-38-18/h1-7,10-11,13,18H,8-9,12,14-15H2,(H,36,37). The van der Waals surface area contributed by atoms with Crippen LogP contribution in [0.5, 0.6) is 11.6 Å². The van der Waals surface area contributed by atoms with Gasteiger partial charge in [0.2, 0.25) is 5.88 Å². The zero-order valence-electron chi connectivity index (χ0n) is 20.9. The molecule has 6 rings (SSSR count). The molecule has 0 radical (unpaired) electrons. The molecule has 1 fully saturated rings. The van der Waals surface area contributed by atoms with Crippen LogP contribution in [0.4, 0.5) is 4.39 Å². The number of carbonyl (C=O) groups is 1. The van der Waals surface area contributed by atoms with Crippen LogP contribution in [0.15, 0.2) is 60.9 Å². The molecule has 204 valence electrons. The molecule has 5 aromatic rings. The maximum atomic E-state index is 14.1. The molecule has 1 aliphatic heterocycles. The van der Waals surface area contributed by atoms with E-state index < -0.39 is 11.8 Å². The monoisotopic (exact) mass is 564 g/mol. The number of aromatic carboxylic acids is 1. The summed E-state index contributed by atoms with van der Waals surface area (Å²) in [6.45, 7) is 1.26. The number of aromatic nitrogens is 6. The van der Waals surface area contributed by atoms with Crippen molar-refractivity contribution >= 4 is 28.7 Å². The van der Waals surface area contributed by atoms with Gasteiger partial charge in [-0.1, -0.05) is 23.7 Å². The summed E-state index contributed by atoms with van der Waals surface area (Å²) in [4.78, 5) is 24.8. The highest BCUT2D eigenvalue weighted by molar-refractivity contribution is 6.30. The molecule has 0 aliphatic carbocycles. The molecule has 5 heterocycles. The van der Waals surface area contributed by atoms with E-state index in [4.69, 9.17) is 25.8 Å². The maximum absolute atomic E-state index is 14.1. The number of rotatable bonds is 10. The SMILES string of the molecule is O=C(O)c1ccc2nc(COc3cnn(-c4cccc(OCc5ccc(Cl)cc5F)n4)c3)n(CC3CCO3)c2n1. The topological polar surface area (TPSA) is 126 Å².